The summed E-state index contributed by atoms with van der Waals surface area (Å²) < 4.78 is 10.5. The lowest BCUT2D eigenvalue weighted by Gasteiger charge is -2.12. The number of nitrogens with zero attached hydrogens (tertiary/aromatic N) is 2. The molecule has 1 amide bonds. The zero-order chi connectivity index (χ0) is 16.2. The lowest BCUT2D eigenvalue weighted by atomic mass is 10.2. The second-order valence-electron chi connectivity index (χ2n) is 5.26. The van der Waals surface area contributed by atoms with Gasteiger partial charge in [-0.15, -0.1) is 10.2 Å². The number of amides is 1. The highest BCUT2D eigenvalue weighted by molar-refractivity contribution is 5.93. The minimum absolute atomic E-state index is 0.00877. The molecule has 1 saturated carbocycles. The van der Waals surface area contributed by atoms with Crippen molar-refractivity contribution < 1.29 is 14.3 Å². The molecule has 1 aromatic carbocycles. The summed E-state index contributed by atoms with van der Waals surface area (Å²) in [7, 11) is 3.19. The quantitative estimate of drug-likeness (QED) is 0.852. The van der Waals surface area contributed by atoms with E-state index in [2.05, 4.69) is 20.8 Å². The topological polar surface area (TPSA) is 85.4 Å². The van der Waals surface area contributed by atoms with Gasteiger partial charge in [0.05, 0.1) is 19.9 Å². The van der Waals surface area contributed by atoms with Crippen molar-refractivity contribution in [2.45, 2.75) is 12.8 Å². The third kappa shape index (κ3) is 3.68. The van der Waals surface area contributed by atoms with Gasteiger partial charge < -0.3 is 20.1 Å². The Labute approximate surface area is 134 Å². The Morgan fingerprint density at radius 1 is 1.09 bits per heavy atom. The number of hydrogen-bond donors (Lipinski definition) is 2. The van der Waals surface area contributed by atoms with Crippen LogP contribution >= 0.6 is 0 Å². The minimum atomic E-state index is 0.00877. The monoisotopic (exact) mass is 314 g/mol. The second kappa shape index (κ2) is 6.51. The minimum Gasteiger partial charge on any atom is -0.497 e. The Morgan fingerprint density at radius 3 is 2.43 bits per heavy atom. The van der Waals surface area contributed by atoms with Gasteiger partial charge in [0.25, 0.3) is 0 Å². The van der Waals surface area contributed by atoms with Crippen LogP contribution in [0.2, 0.25) is 0 Å². The molecule has 23 heavy (non-hydrogen) atoms. The lowest BCUT2D eigenvalue weighted by Crippen LogP contribution is -2.14. The molecule has 1 aromatic heterocycles. The first kappa shape index (κ1) is 15.1. The molecule has 0 atom stereocenters. The highest BCUT2D eigenvalue weighted by Crippen LogP contribution is 2.31. The molecule has 0 radical (unpaired) electrons. The SMILES string of the molecule is COc1ccc(OC)c(Nc2ccc(NC(=O)C3CC3)nn2)c1. The largest absolute Gasteiger partial charge is 0.497 e. The summed E-state index contributed by atoms with van der Waals surface area (Å²) in [5, 5.41) is 13.9. The Balaban J connectivity index is 1.71. The average molecular weight is 314 g/mol. The maximum absolute atomic E-state index is 11.7. The highest BCUT2D eigenvalue weighted by Gasteiger charge is 2.29. The molecule has 1 aliphatic carbocycles. The third-order valence-corrected chi connectivity index (χ3v) is 3.53. The molecular weight excluding hydrogens is 296 g/mol. The maximum Gasteiger partial charge on any atom is 0.228 e. The van der Waals surface area contributed by atoms with Crippen molar-refractivity contribution in [3.63, 3.8) is 0 Å². The summed E-state index contributed by atoms with van der Waals surface area (Å²) in [4.78, 5) is 11.7. The van der Waals surface area contributed by atoms with E-state index in [-0.39, 0.29) is 11.8 Å². The van der Waals surface area contributed by atoms with Crippen LogP contribution in [-0.4, -0.2) is 30.3 Å². The van der Waals surface area contributed by atoms with Crippen molar-refractivity contribution >= 4 is 23.2 Å². The van der Waals surface area contributed by atoms with Crippen molar-refractivity contribution in [3.05, 3.63) is 30.3 Å². The predicted molar refractivity (Wildman–Crippen MR) is 86.2 cm³/mol. The van der Waals surface area contributed by atoms with Crippen molar-refractivity contribution in [1.29, 1.82) is 0 Å². The van der Waals surface area contributed by atoms with E-state index < -0.39 is 0 Å². The van der Waals surface area contributed by atoms with Gasteiger partial charge in [-0.2, -0.15) is 0 Å². The molecule has 1 fully saturated rings. The zero-order valence-corrected chi connectivity index (χ0v) is 13.0. The summed E-state index contributed by atoms with van der Waals surface area (Å²) >= 11 is 0. The summed E-state index contributed by atoms with van der Waals surface area (Å²) in [6.07, 6.45) is 1.91. The van der Waals surface area contributed by atoms with E-state index in [1.54, 1.807) is 32.4 Å². The molecule has 1 heterocycles. The molecule has 0 saturated heterocycles. The molecule has 0 unspecified atom stereocenters. The first-order valence-corrected chi connectivity index (χ1v) is 7.33. The number of aromatic nitrogens is 2. The van der Waals surface area contributed by atoms with Gasteiger partial charge in [-0.1, -0.05) is 0 Å². The zero-order valence-electron chi connectivity index (χ0n) is 13.0. The molecule has 120 valence electrons. The molecule has 0 aliphatic heterocycles. The van der Waals surface area contributed by atoms with Crippen molar-refractivity contribution in [1.82, 2.24) is 10.2 Å². The smallest absolute Gasteiger partial charge is 0.228 e. The Hall–Kier alpha value is -2.83. The number of benzene rings is 1. The van der Waals surface area contributed by atoms with E-state index in [0.29, 0.717) is 23.1 Å². The number of rotatable bonds is 6. The van der Waals surface area contributed by atoms with Crippen molar-refractivity contribution in [2.24, 2.45) is 5.92 Å². The van der Waals surface area contributed by atoms with Gasteiger partial charge in [-0.25, -0.2) is 0 Å². The van der Waals surface area contributed by atoms with Crippen LogP contribution in [0.15, 0.2) is 30.3 Å². The van der Waals surface area contributed by atoms with Gasteiger partial charge in [0.15, 0.2) is 11.6 Å². The van der Waals surface area contributed by atoms with Crippen molar-refractivity contribution in [2.75, 3.05) is 24.9 Å². The van der Waals surface area contributed by atoms with Gasteiger partial charge in [0, 0.05) is 12.0 Å². The van der Waals surface area contributed by atoms with Crippen LogP contribution in [0.1, 0.15) is 12.8 Å². The maximum atomic E-state index is 11.7. The Morgan fingerprint density at radius 2 is 1.83 bits per heavy atom. The fourth-order valence-corrected chi connectivity index (χ4v) is 2.09. The molecule has 2 aromatic rings. The molecule has 3 rings (SSSR count). The van der Waals surface area contributed by atoms with Gasteiger partial charge in [0.2, 0.25) is 5.91 Å². The number of methoxy groups -OCH3 is 2. The van der Waals surface area contributed by atoms with E-state index in [1.807, 2.05) is 12.1 Å². The Kier molecular flexibility index (Phi) is 4.27. The summed E-state index contributed by atoms with van der Waals surface area (Å²) in [6, 6.07) is 8.88. The summed E-state index contributed by atoms with van der Waals surface area (Å²) in [6.45, 7) is 0. The normalized spacial score (nSPS) is 13.3. The van der Waals surface area contributed by atoms with Crippen LogP contribution in [0.5, 0.6) is 11.5 Å². The number of hydrogen-bond acceptors (Lipinski definition) is 6. The molecule has 7 nitrogen and oxygen atoms in total. The molecule has 0 bridgehead atoms. The lowest BCUT2D eigenvalue weighted by molar-refractivity contribution is -0.117. The number of ether oxygens (including phenoxy) is 2. The van der Waals surface area contributed by atoms with Crippen LogP contribution in [0.4, 0.5) is 17.3 Å². The first-order chi connectivity index (χ1) is 11.2. The van der Waals surface area contributed by atoms with Crippen LogP contribution in [0.25, 0.3) is 0 Å². The fourth-order valence-electron chi connectivity index (χ4n) is 2.09. The summed E-state index contributed by atoms with van der Waals surface area (Å²) in [5.74, 6) is 2.50. The van der Waals surface area contributed by atoms with Gasteiger partial charge in [-0.05, 0) is 37.1 Å². The van der Waals surface area contributed by atoms with Gasteiger partial charge >= 0.3 is 0 Å². The molecule has 1 aliphatic rings. The number of carbonyl (C=O) groups excluding carboxylic acids is 1. The molecular formula is C16H18N4O3. The van der Waals surface area contributed by atoms with E-state index in [4.69, 9.17) is 9.47 Å². The number of anilines is 3. The molecule has 0 spiro atoms. The van der Waals surface area contributed by atoms with Gasteiger partial charge in [0.1, 0.15) is 11.5 Å². The number of nitrogens with one attached hydrogen (secondary N) is 2. The van der Waals surface area contributed by atoms with Crippen LogP contribution in [-0.2, 0) is 4.79 Å². The van der Waals surface area contributed by atoms with Crippen molar-refractivity contribution in [3.8, 4) is 11.5 Å². The van der Waals surface area contributed by atoms with E-state index in [0.717, 1.165) is 18.5 Å². The van der Waals surface area contributed by atoms with E-state index >= 15 is 0 Å². The highest BCUT2D eigenvalue weighted by atomic mass is 16.5. The van der Waals surface area contributed by atoms with Gasteiger partial charge in [-0.3, -0.25) is 4.79 Å². The van der Waals surface area contributed by atoms with Crippen LogP contribution in [0.3, 0.4) is 0 Å². The summed E-state index contributed by atoms with van der Waals surface area (Å²) in [5.41, 5.74) is 0.718. The number of carbonyl (C=O) groups is 1. The Bertz CT molecular complexity index is 699. The van der Waals surface area contributed by atoms with Crippen LogP contribution < -0.4 is 20.1 Å². The third-order valence-electron chi connectivity index (χ3n) is 3.53. The van der Waals surface area contributed by atoms with E-state index in [9.17, 15) is 4.79 Å². The van der Waals surface area contributed by atoms with E-state index in [1.165, 1.54) is 0 Å². The average Bonchev–Trinajstić information content (AvgIpc) is 3.41. The molecule has 7 heteroatoms. The first-order valence-electron chi connectivity index (χ1n) is 7.33. The second-order valence-corrected chi connectivity index (χ2v) is 5.26. The molecule has 2 N–H and O–H groups in total. The predicted octanol–water partition coefficient (Wildman–Crippen LogP) is 2.59. The standard InChI is InChI=1S/C16H18N4O3/c1-22-11-5-6-13(23-2)12(9-11)17-14-7-8-15(20-19-14)18-16(21)10-3-4-10/h5-10H,3-4H2,1-2H3,(H,17,19)(H,18,20,21). The fraction of sp³-hybridized carbons (Fsp3) is 0.312. The van der Waals surface area contributed by atoms with Crippen LogP contribution in [0, 0.1) is 5.92 Å².